The molecule has 1 aromatic rings. The summed E-state index contributed by atoms with van der Waals surface area (Å²) in [5, 5.41) is 12.8. The predicted molar refractivity (Wildman–Crippen MR) is 90.3 cm³/mol. The van der Waals surface area contributed by atoms with Gasteiger partial charge in [-0.1, -0.05) is 18.2 Å². The van der Waals surface area contributed by atoms with E-state index in [0.717, 1.165) is 0 Å². The molecule has 1 aromatic carbocycles. The maximum atomic E-state index is 12.4. The molecular weight excluding hydrogens is 324 g/mol. The van der Waals surface area contributed by atoms with E-state index in [4.69, 9.17) is 0 Å². The van der Waals surface area contributed by atoms with Gasteiger partial charge < -0.3 is 15.2 Å². The van der Waals surface area contributed by atoms with Gasteiger partial charge in [0, 0.05) is 5.69 Å². The summed E-state index contributed by atoms with van der Waals surface area (Å²) in [7, 11) is 1.27. The van der Waals surface area contributed by atoms with Gasteiger partial charge in [-0.2, -0.15) is 0 Å². The Morgan fingerprint density at radius 2 is 1.92 bits per heavy atom. The van der Waals surface area contributed by atoms with Gasteiger partial charge in [-0.3, -0.25) is 9.59 Å². The maximum Gasteiger partial charge on any atom is 0.337 e. The number of carbonyl (C=O) groups is 3. The average molecular weight is 338 g/mol. The Kier molecular flexibility index (Phi) is 4.30. The van der Waals surface area contributed by atoms with Crippen molar-refractivity contribution in [2.45, 2.75) is 0 Å². The van der Waals surface area contributed by atoms with E-state index in [-0.39, 0.29) is 5.76 Å². The lowest BCUT2D eigenvalue weighted by molar-refractivity contribution is -0.119. The van der Waals surface area contributed by atoms with Crippen molar-refractivity contribution >= 4 is 29.2 Å². The first-order chi connectivity index (χ1) is 12.0. The molecule has 7 heteroatoms. The van der Waals surface area contributed by atoms with E-state index in [1.54, 1.807) is 24.3 Å². The maximum absolute atomic E-state index is 12.4. The zero-order chi connectivity index (χ0) is 18.0. The number of nitrogens with zero attached hydrogens (tertiary/aromatic N) is 1. The SMILES string of the molecule is COC(=O)c1ccc(NC(=O)C2=C(O)C3C=CC=CC3=NC2=O)cc1. The molecule has 2 aliphatic rings. The summed E-state index contributed by atoms with van der Waals surface area (Å²) in [5.74, 6) is -3.00. The topological polar surface area (TPSA) is 105 Å². The molecule has 1 aliphatic carbocycles. The lowest BCUT2D eigenvalue weighted by atomic mass is 9.90. The number of dihydropyridines is 1. The van der Waals surface area contributed by atoms with Gasteiger partial charge >= 0.3 is 5.97 Å². The average Bonchev–Trinajstić information content (AvgIpc) is 2.61. The molecule has 2 N–H and O–H groups in total. The molecule has 0 radical (unpaired) electrons. The number of fused-ring (bicyclic) bond motifs is 1. The number of hydrogen-bond acceptors (Lipinski definition) is 5. The van der Waals surface area contributed by atoms with Crippen LogP contribution in [0.1, 0.15) is 10.4 Å². The fourth-order valence-electron chi connectivity index (χ4n) is 2.52. The molecule has 2 amide bonds. The standard InChI is InChI=1S/C18H14N2O5/c1-25-18(24)10-6-8-11(9-7-10)19-16(22)14-15(21)12-4-2-3-5-13(12)20-17(14)23/h2-9,12,21H,1H3,(H,19,22). The van der Waals surface area contributed by atoms with Crippen LogP contribution in [0.25, 0.3) is 0 Å². The first-order valence-corrected chi connectivity index (χ1v) is 7.42. The lowest BCUT2D eigenvalue weighted by Crippen LogP contribution is -2.30. The highest BCUT2D eigenvalue weighted by atomic mass is 16.5. The van der Waals surface area contributed by atoms with Crippen LogP contribution in [-0.2, 0) is 14.3 Å². The van der Waals surface area contributed by atoms with Crippen LogP contribution in [0.15, 0.2) is 64.9 Å². The van der Waals surface area contributed by atoms with Crippen LogP contribution in [0, 0.1) is 5.92 Å². The Morgan fingerprint density at radius 1 is 1.20 bits per heavy atom. The molecular formula is C18H14N2O5. The molecule has 1 heterocycles. The fourth-order valence-corrected chi connectivity index (χ4v) is 2.52. The normalized spacial score (nSPS) is 18.5. The quantitative estimate of drug-likeness (QED) is 0.647. The Morgan fingerprint density at radius 3 is 2.60 bits per heavy atom. The van der Waals surface area contributed by atoms with E-state index in [0.29, 0.717) is 17.0 Å². The summed E-state index contributed by atoms with van der Waals surface area (Å²) in [5.41, 5.74) is 0.680. The molecule has 1 aliphatic heterocycles. The number of rotatable bonds is 3. The van der Waals surface area contributed by atoms with Crippen molar-refractivity contribution in [1.29, 1.82) is 0 Å². The third-order valence-corrected chi connectivity index (χ3v) is 3.79. The summed E-state index contributed by atoms with van der Waals surface area (Å²) in [6.07, 6.45) is 6.67. The van der Waals surface area contributed by atoms with Gasteiger partial charge in [0.15, 0.2) is 0 Å². The first kappa shape index (κ1) is 16.4. The molecule has 1 unspecified atom stereocenters. The summed E-state index contributed by atoms with van der Waals surface area (Å²) >= 11 is 0. The van der Waals surface area contributed by atoms with Crippen molar-refractivity contribution in [3.63, 3.8) is 0 Å². The molecule has 0 saturated carbocycles. The second-order valence-electron chi connectivity index (χ2n) is 5.35. The summed E-state index contributed by atoms with van der Waals surface area (Å²) in [6, 6.07) is 5.94. The number of carbonyl (C=O) groups excluding carboxylic acids is 3. The number of aliphatic imine (C=N–C) groups is 1. The molecule has 1 atom stereocenters. The van der Waals surface area contributed by atoms with E-state index < -0.39 is 29.3 Å². The number of hydrogen-bond donors (Lipinski definition) is 2. The highest BCUT2D eigenvalue weighted by molar-refractivity contribution is 6.28. The zero-order valence-electron chi connectivity index (χ0n) is 13.2. The van der Waals surface area contributed by atoms with Crippen molar-refractivity contribution in [3.05, 3.63) is 65.5 Å². The molecule has 126 valence electrons. The largest absolute Gasteiger partial charge is 0.510 e. The van der Waals surface area contributed by atoms with Crippen LogP contribution in [0.4, 0.5) is 5.69 Å². The van der Waals surface area contributed by atoms with E-state index in [9.17, 15) is 19.5 Å². The number of benzene rings is 1. The van der Waals surface area contributed by atoms with Gasteiger partial charge in [0.1, 0.15) is 11.3 Å². The van der Waals surface area contributed by atoms with Crippen LogP contribution in [-0.4, -0.2) is 35.7 Å². The molecule has 0 bridgehead atoms. The highest BCUT2D eigenvalue weighted by Gasteiger charge is 2.34. The van der Waals surface area contributed by atoms with Crippen molar-refractivity contribution in [2.75, 3.05) is 12.4 Å². The van der Waals surface area contributed by atoms with Gasteiger partial charge in [0.05, 0.1) is 24.3 Å². The van der Waals surface area contributed by atoms with Crippen LogP contribution >= 0.6 is 0 Å². The minimum Gasteiger partial charge on any atom is -0.510 e. The number of allylic oxidation sites excluding steroid dienone is 4. The van der Waals surface area contributed by atoms with Gasteiger partial charge in [-0.05, 0) is 30.3 Å². The van der Waals surface area contributed by atoms with Gasteiger partial charge in [-0.25, -0.2) is 9.79 Å². The van der Waals surface area contributed by atoms with Crippen LogP contribution in [0.5, 0.6) is 0 Å². The molecule has 0 aromatic heterocycles. The summed E-state index contributed by atoms with van der Waals surface area (Å²) < 4.78 is 4.59. The number of anilines is 1. The predicted octanol–water partition coefficient (Wildman–Crippen LogP) is 1.95. The Bertz CT molecular complexity index is 875. The van der Waals surface area contributed by atoms with E-state index in [1.807, 2.05) is 0 Å². The van der Waals surface area contributed by atoms with Crippen LogP contribution in [0.3, 0.4) is 0 Å². The number of aliphatic hydroxyl groups excluding tert-OH is 1. The van der Waals surface area contributed by atoms with Crippen molar-refractivity contribution in [2.24, 2.45) is 10.9 Å². The number of amides is 2. The number of methoxy groups -OCH3 is 1. The van der Waals surface area contributed by atoms with E-state index >= 15 is 0 Å². The smallest absolute Gasteiger partial charge is 0.337 e. The lowest BCUT2D eigenvalue weighted by Gasteiger charge is -2.21. The second-order valence-corrected chi connectivity index (χ2v) is 5.35. The minimum atomic E-state index is -0.799. The van der Waals surface area contributed by atoms with Crippen LogP contribution in [0.2, 0.25) is 0 Å². The highest BCUT2D eigenvalue weighted by Crippen LogP contribution is 2.26. The third-order valence-electron chi connectivity index (χ3n) is 3.79. The fraction of sp³-hybridized carbons (Fsp3) is 0.111. The molecule has 0 spiro atoms. The van der Waals surface area contributed by atoms with Crippen molar-refractivity contribution in [1.82, 2.24) is 0 Å². The number of esters is 1. The third kappa shape index (κ3) is 3.12. The first-order valence-electron chi connectivity index (χ1n) is 7.42. The van der Waals surface area contributed by atoms with Crippen molar-refractivity contribution in [3.8, 4) is 0 Å². The number of nitrogens with one attached hydrogen (secondary N) is 1. The van der Waals surface area contributed by atoms with E-state index in [2.05, 4.69) is 15.0 Å². The Hall–Kier alpha value is -3.48. The summed E-state index contributed by atoms with van der Waals surface area (Å²) in [6.45, 7) is 0. The molecule has 7 nitrogen and oxygen atoms in total. The summed E-state index contributed by atoms with van der Waals surface area (Å²) in [4.78, 5) is 39.7. The van der Waals surface area contributed by atoms with Gasteiger partial charge in [-0.15, -0.1) is 0 Å². The number of aliphatic hydroxyl groups is 1. The molecule has 25 heavy (non-hydrogen) atoms. The molecule has 0 saturated heterocycles. The minimum absolute atomic E-state index is 0.324. The van der Waals surface area contributed by atoms with Gasteiger partial charge in [0.2, 0.25) is 0 Å². The Balaban J connectivity index is 1.81. The zero-order valence-corrected chi connectivity index (χ0v) is 13.2. The Labute approximate surface area is 143 Å². The molecule has 3 rings (SSSR count). The number of ether oxygens (including phenoxy) is 1. The monoisotopic (exact) mass is 338 g/mol. The van der Waals surface area contributed by atoms with Crippen LogP contribution < -0.4 is 5.32 Å². The second kappa shape index (κ2) is 6.56. The van der Waals surface area contributed by atoms with Crippen molar-refractivity contribution < 1.29 is 24.2 Å². The van der Waals surface area contributed by atoms with Gasteiger partial charge in [0.25, 0.3) is 11.8 Å². The van der Waals surface area contributed by atoms with E-state index in [1.165, 1.54) is 31.4 Å². The molecule has 0 fully saturated rings.